The summed E-state index contributed by atoms with van der Waals surface area (Å²) in [5.41, 5.74) is 0. The second-order valence-corrected chi connectivity index (χ2v) is 6.20. The van der Waals surface area contributed by atoms with E-state index in [9.17, 15) is 0 Å². The highest BCUT2D eigenvalue weighted by Gasteiger charge is 2.25. The van der Waals surface area contributed by atoms with Crippen LogP contribution in [0.15, 0.2) is 4.52 Å². The summed E-state index contributed by atoms with van der Waals surface area (Å²) in [6.07, 6.45) is 6.21. The Kier molecular flexibility index (Phi) is 3.66. The van der Waals surface area contributed by atoms with E-state index in [2.05, 4.69) is 15.5 Å². The van der Waals surface area contributed by atoms with Gasteiger partial charge in [-0.1, -0.05) is 11.6 Å². The number of nitrogens with zero attached hydrogens (tertiary/aromatic N) is 2. The summed E-state index contributed by atoms with van der Waals surface area (Å²) in [6.45, 7) is 2.11. The van der Waals surface area contributed by atoms with Gasteiger partial charge in [-0.25, -0.2) is 0 Å². The first-order chi connectivity index (χ1) is 8.43. The molecule has 0 bridgehead atoms. The van der Waals surface area contributed by atoms with Crippen molar-refractivity contribution in [3.63, 3.8) is 0 Å². The predicted octanol–water partition coefficient (Wildman–Crippen LogP) is 2.49. The van der Waals surface area contributed by atoms with Gasteiger partial charge in [0.15, 0.2) is 5.82 Å². The Hall–Kier alpha value is -0.550. The fraction of sp³-hybridized carbons (Fsp3) is 0.833. The Balaban J connectivity index is 1.68. The van der Waals surface area contributed by atoms with Crippen molar-refractivity contribution in [3.05, 3.63) is 11.7 Å². The van der Waals surface area contributed by atoms with Crippen molar-refractivity contribution in [2.24, 2.45) is 0 Å². The number of hydrogen-bond acceptors (Lipinski definition) is 5. The number of thioether (sulfide) groups is 1. The maximum atomic E-state index is 5.44. The number of aromatic nitrogens is 2. The molecule has 1 aromatic heterocycles. The third-order valence-corrected chi connectivity index (χ3v) is 4.94. The van der Waals surface area contributed by atoms with Gasteiger partial charge in [0.25, 0.3) is 0 Å². The van der Waals surface area contributed by atoms with Crippen LogP contribution in [0, 0.1) is 0 Å². The highest BCUT2D eigenvalue weighted by atomic mass is 32.2. The van der Waals surface area contributed by atoms with Gasteiger partial charge in [0.2, 0.25) is 5.89 Å². The SMILES string of the molecule is C1CCC(c2noc([C@@H]3CCCNC3)n2)SC1. The third-order valence-electron chi connectivity index (χ3n) is 3.57. The molecule has 0 aromatic carbocycles. The van der Waals surface area contributed by atoms with E-state index in [1.54, 1.807) is 0 Å². The maximum Gasteiger partial charge on any atom is 0.231 e. The summed E-state index contributed by atoms with van der Waals surface area (Å²) in [4.78, 5) is 4.62. The molecule has 1 N–H and O–H groups in total. The van der Waals surface area contributed by atoms with E-state index >= 15 is 0 Å². The van der Waals surface area contributed by atoms with Crippen LogP contribution in [0.5, 0.6) is 0 Å². The molecule has 0 spiro atoms. The number of piperidine rings is 1. The van der Waals surface area contributed by atoms with Crippen molar-refractivity contribution in [2.45, 2.75) is 43.3 Å². The van der Waals surface area contributed by atoms with Gasteiger partial charge in [0.05, 0.1) is 11.2 Å². The number of rotatable bonds is 2. The average molecular weight is 253 g/mol. The van der Waals surface area contributed by atoms with E-state index in [0.717, 1.165) is 24.8 Å². The molecule has 4 nitrogen and oxygen atoms in total. The standard InChI is InChI=1S/C12H19N3OS/c1-2-7-17-10(5-1)11-14-12(16-15-11)9-4-3-6-13-8-9/h9-10,13H,1-8H2/t9-,10?/m1/s1. The van der Waals surface area contributed by atoms with Gasteiger partial charge in [-0.2, -0.15) is 16.7 Å². The van der Waals surface area contributed by atoms with Crippen molar-refractivity contribution in [1.29, 1.82) is 0 Å². The fourth-order valence-electron chi connectivity index (χ4n) is 2.55. The first-order valence-corrected chi connectivity index (χ1v) is 7.64. The normalized spacial score (nSPS) is 30.4. The van der Waals surface area contributed by atoms with Crippen molar-refractivity contribution < 1.29 is 4.52 Å². The lowest BCUT2D eigenvalue weighted by Crippen LogP contribution is -2.28. The van der Waals surface area contributed by atoms with E-state index in [1.165, 1.54) is 37.9 Å². The molecule has 3 heterocycles. The Morgan fingerprint density at radius 1 is 1.24 bits per heavy atom. The zero-order chi connectivity index (χ0) is 11.5. The molecule has 2 aliphatic rings. The first kappa shape index (κ1) is 11.5. The van der Waals surface area contributed by atoms with E-state index in [1.807, 2.05) is 11.8 Å². The average Bonchev–Trinajstić information content (AvgIpc) is 2.90. The van der Waals surface area contributed by atoms with E-state index in [0.29, 0.717) is 11.2 Å². The van der Waals surface area contributed by atoms with Crippen molar-refractivity contribution >= 4 is 11.8 Å². The van der Waals surface area contributed by atoms with Crippen LogP contribution in [0.25, 0.3) is 0 Å². The van der Waals surface area contributed by atoms with Crippen molar-refractivity contribution in [2.75, 3.05) is 18.8 Å². The van der Waals surface area contributed by atoms with Crippen LogP contribution in [-0.2, 0) is 0 Å². The van der Waals surface area contributed by atoms with Gasteiger partial charge in [-0.3, -0.25) is 0 Å². The Bertz CT molecular complexity index is 324. The lowest BCUT2D eigenvalue weighted by Gasteiger charge is -2.19. The molecule has 5 heteroatoms. The van der Waals surface area contributed by atoms with Gasteiger partial charge < -0.3 is 9.84 Å². The highest BCUT2D eigenvalue weighted by molar-refractivity contribution is 7.99. The first-order valence-electron chi connectivity index (χ1n) is 6.59. The minimum Gasteiger partial charge on any atom is -0.339 e. The number of nitrogens with one attached hydrogen (secondary N) is 1. The molecule has 3 rings (SSSR count). The molecular formula is C12H19N3OS. The van der Waals surface area contributed by atoms with E-state index in [4.69, 9.17) is 4.52 Å². The van der Waals surface area contributed by atoms with Gasteiger partial charge in [0.1, 0.15) is 0 Å². The molecule has 94 valence electrons. The third kappa shape index (κ3) is 2.65. The van der Waals surface area contributed by atoms with Crippen LogP contribution in [-0.4, -0.2) is 29.0 Å². The molecule has 2 atom stereocenters. The zero-order valence-electron chi connectivity index (χ0n) is 10.0. The van der Waals surface area contributed by atoms with Crippen LogP contribution in [0.4, 0.5) is 0 Å². The van der Waals surface area contributed by atoms with Crippen molar-refractivity contribution in [1.82, 2.24) is 15.5 Å². The molecule has 1 aromatic rings. The van der Waals surface area contributed by atoms with Crippen LogP contribution in [0.1, 0.15) is 55.0 Å². The molecule has 17 heavy (non-hydrogen) atoms. The largest absolute Gasteiger partial charge is 0.339 e. The van der Waals surface area contributed by atoms with Gasteiger partial charge in [-0.05, 0) is 38.0 Å². The molecule has 2 aliphatic heterocycles. The van der Waals surface area contributed by atoms with Crippen LogP contribution in [0.3, 0.4) is 0 Å². The number of hydrogen-bond donors (Lipinski definition) is 1. The van der Waals surface area contributed by atoms with Gasteiger partial charge >= 0.3 is 0 Å². The van der Waals surface area contributed by atoms with Crippen molar-refractivity contribution in [3.8, 4) is 0 Å². The molecule has 1 unspecified atom stereocenters. The summed E-state index contributed by atoms with van der Waals surface area (Å²) in [6, 6.07) is 0. The minimum absolute atomic E-state index is 0.429. The van der Waals surface area contributed by atoms with Gasteiger partial charge in [-0.15, -0.1) is 0 Å². The lowest BCUT2D eigenvalue weighted by atomic mass is 10.00. The molecule has 0 amide bonds. The summed E-state index contributed by atoms with van der Waals surface area (Å²) in [7, 11) is 0. The molecule has 2 fully saturated rings. The summed E-state index contributed by atoms with van der Waals surface area (Å²) in [5.74, 6) is 3.44. The summed E-state index contributed by atoms with van der Waals surface area (Å²) in [5, 5.41) is 8.04. The molecular weight excluding hydrogens is 234 g/mol. The van der Waals surface area contributed by atoms with E-state index < -0.39 is 0 Å². The molecule has 0 saturated carbocycles. The topological polar surface area (TPSA) is 51.0 Å². The molecule has 0 radical (unpaired) electrons. The summed E-state index contributed by atoms with van der Waals surface area (Å²) < 4.78 is 5.44. The zero-order valence-corrected chi connectivity index (χ0v) is 10.8. The monoisotopic (exact) mass is 253 g/mol. The van der Waals surface area contributed by atoms with Gasteiger partial charge in [0, 0.05) is 6.54 Å². The molecule has 0 aliphatic carbocycles. The predicted molar refractivity (Wildman–Crippen MR) is 68.2 cm³/mol. The van der Waals surface area contributed by atoms with Crippen LogP contribution in [0.2, 0.25) is 0 Å². The Labute approximate surface area is 106 Å². The van der Waals surface area contributed by atoms with Crippen LogP contribution < -0.4 is 5.32 Å². The quantitative estimate of drug-likeness (QED) is 0.877. The highest BCUT2D eigenvalue weighted by Crippen LogP contribution is 2.37. The second-order valence-electron chi connectivity index (χ2n) is 4.89. The second kappa shape index (κ2) is 5.40. The summed E-state index contributed by atoms with van der Waals surface area (Å²) >= 11 is 1.98. The smallest absolute Gasteiger partial charge is 0.231 e. The fourth-order valence-corrected chi connectivity index (χ4v) is 3.78. The van der Waals surface area contributed by atoms with Crippen LogP contribution >= 0.6 is 11.8 Å². The molecule has 2 saturated heterocycles. The minimum atomic E-state index is 0.429. The Morgan fingerprint density at radius 2 is 2.24 bits per heavy atom. The maximum absolute atomic E-state index is 5.44. The Morgan fingerprint density at radius 3 is 3.00 bits per heavy atom. The lowest BCUT2D eigenvalue weighted by molar-refractivity contribution is 0.319. The van der Waals surface area contributed by atoms with E-state index in [-0.39, 0.29) is 0 Å².